The molecule has 112 valence electrons. The third-order valence-corrected chi connectivity index (χ3v) is 5.70. The van der Waals surface area contributed by atoms with Crippen LogP contribution in [0.25, 0.3) is 0 Å². The lowest BCUT2D eigenvalue weighted by atomic mass is 9.54. The Hall–Kier alpha value is -1.65. The van der Waals surface area contributed by atoms with Crippen LogP contribution in [0.4, 0.5) is 15.8 Å². The predicted molar refractivity (Wildman–Crippen MR) is 77.5 cm³/mol. The average molecular weight is 290 g/mol. The van der Waals surface area contributed by atoms with Crippen LogP contribution in [0.15, 0.2) is 18.2 Å². The molecule has 4 fully saturated rings. The number of benzene rings is 1. The fourth-order valence-electron chi connectivity index (χ4n) is 5.10. The summed E-state index contributed by atoms with van der Waals surface area (Å²) in [5, 5.41) is 14.1. The molecule has 0 radical (unpaired) electrons. The van der Waals surface area contributed by atoms with Gasteiger partial charge in [0.1, 0.15) is 0 Å². The number of anilines is 1. The van der Waals surface area contributed by atoms with Crippen molar-refractivity contribution in [2.24, 2.45) is 23.7 Å². The van der Waals surface area contributed by atoms with Crippen molar-refractivity contribution in [1.29, 1.82) is 0 Å². The SMILES string of the molecule is O=[N+]([O-])c1ccc(NC2C3CC4CC(C3)CC2C4)cc1F. The second kappa shape index (κ2) is 4.68. The maximum atomic E-state index is 13.7. The first-order chi connectivity index (χ1) is 10.1. The van der Waals surface area contributed by atoms with Gasteiger partial charge in [-0.2, -0.15) is 4.39 Å². The molecule has 1 aromatic carbocycles. The molecular formula is C16H19FN2O2. The van der Waals surface area contributed by atoms with E-state index in [2.05, 4.69) is 5.32 Å². The third kappa shape index (κ3) is 2.19. The summed E-state index contributed by atoms with van der Waals surface area (Å²) in [7, 11) is 0. The van der Waals surface area contributed by atoms with E-state index in [-0.39, 0.29) is 0 Å². The number of nitrogens with one attached hydrogen (secondary N) is 1. The summed E-state index contributed by atoms with van der Waals surface area (Å²) >= 11 is 0. The summed E-state index contributed by atoms with van der Waals surface area (Å²) in [6, 6.07) is 4.57. The van der Waals surface area contributed by atoms with Gasteiger partial charge in [-0.15, -0.1) is 0 Å². The molecule has 0 atom stereocenters. The van der Waals surface area contributed by atoms with E-state index in [1.165, 1.54) is 44.2 Å². The van der Waals surface area contributed by atoms with Gasteiger partial charge in [-0.1, -0.05) is 0 Å². The Morgan fingerprint density at radius 2 is 1.71 bits per heavy atom. The first-order valence-corrected chi connectivity index (χ1v) is 7.80. The molecule has 1 aromatic rings. The van der Waals surface area contributed by atoms with Crippen molar-refractivity contribution in [1.82, 2.24) is 0 Å². The smallest absolute Gasteiger partial charge is 0.304 e. The van der Waals surface area contributed by atoms with Crippen LogP contribution in [0.5, 0.6) is 0 Å². The van der Waals surface area contributed by atoms with Crippen LogP contribution in [0, 0.1) is 39.6 Å². The van der Waals surface area contributed by atoms with Crippen molar-refractivity contribution in [2.45, 2.75) is 38.1 Å². The summed E-state index contributed by atoms with van der Waals surface area (Å²) in [5.41, 5.74) is 0.223. The molecule has 0 aliphatic heterocycles. The molecule has 0 unspecified atom stereocenters. The van der Waals surface area contributed by atoms with Gasteiger partial charge in [0.15, 0.2) is 0 Å². The number of halogens is 1. The van der Waals surface area contributed by atoms with Crippen LogP contribution in [0.3, 0.4) is 0 Å². The van der Waals surface area contributed by atoms with Crippen LogP contribution in [0.2, 0.25) is 0 Å². The summed E-state index contributed by atoms with van der Waals surface area (Å²) in [4.78, 5) is 9.99. The zero-order chi connectivity index (χ0) is 14.6. The largest absolute Gasteiger partial charge is 0.382 e. The van der Waals surface area contributed by atoms with Crippen LogP contribution < -0.4 is 5.32 Å². The number of nitrogens with zero attached hydrogens (tertiary/aromatic N) is 1. The molecule has 4 aliphatic rings. The Morgan fingerprint density at radius 1 is 1.10 bits per heavy atom. The molecule has 21 heavy (non-hydrogen) atoms. The van der Waals surface area contributed by atoms with Gasteiger partial charge in [0, 0.05) is 23.9 Å². The van der Waals surface area contributed by atoms with Crippen LogP contribution >= 0.6 is 0 Å². The number of hydrogen-bond donors (Lipinski definition) is 1. The van der Waals surface area contributed by atoms with E-state index in [4.69, 9.17) is 0 Å². The molecule has 4 bridgehead atoms. The number of hydrogen-bond acceptors (Lipinski definition) is 3. The highest BCUT2D eigenvalue weighted by atomic mass is 19.1. The molecule has 0 amide bonds. The fraction of sp³-hybridized carbons (Fsp3) is 0.625. The van der Waals surface area contributed by atoms with Crippen LogP contribution in [0.1, 0.15) is 32.1 Å². The third-order valence-electron chi connectivity index (χ3n) is 5.70. The topological polar surface area (TPSA) is 55.2 Å². The minimum atomic E-state index is -0.756. The average Bonchev–Trinajstić information content (AvgIpc) is 2.41. The maximum absolute atomic E-state index is 13.7. The van der Waals surface area contributed by atoms with E-state index in [0.717, 1.165) is 11.8 Å². The van der Waals surface area contributed by atoms with E-state index >= 15 is 0 Å². The molecule has 4 saturated carbocycles. The highest BCUT2D eigenvalue weighted by Crippen LogP contribution is 2.54. The van der Waals surface area contributed by atoms with Gasteiger partial charge < -0.3 is 5.32 Å². The van der Waals surface area contributed by atoms with Gasteiger partial charge in [0.2, 0.25) is 5.82 Å². The zero-order valence-corrected chi connectivity index (χ0v) is 11.8. The predicted octanol–water partition coefficient (Wildman–Crippen LogP) is 3.97. The highest BCUT2D eigenvalue weighted by molar-refractivity contribution is 5.50. The molecule has 5 rings (SSSR count). The van der Waals surface area contributed by atoms with Gasteiger partial charge in [-0.3, -0.25) is 10.1 Å². The lowest BCUT2D eigenvalue weighted by molar-refractivity contribution is -0.387. The second-order valence-corrected chi connectivity index (χ2v) is 7.02. The molecule has 0 aromatic heterocycles. The Bertz CT molecular complexity index is 562. The van der Waals surface area contributed by atoms with Crippen molar-refractivity contribution in [3.8, 4) is 0 Å². The first kappa shape index (κ1) is 13.0. The Morgan fingerprint density at radius 3 is 2.24 bits per heavy atom. The summed E-state index contributed by atoms with van der Waals surface area (Å²) in [6.07, 6.45) is 6.58. The molecule has 0 saturated heterocycles. The van der Waals surface area contributed by atoms with E-state index in [0.29, 0.717) is 23.6 Å². The first-order valence-electron chi connectivity index (χ1n) is 7.80. The molecule has 4 aliphatic carbocycles. The van der Waals surface area contributed by atoms with Crippen LogP contribution in [-0.2, 0) is 0 Å². The lowest BCUT2D eigenvalue weighted by Gasteiger charge is -2.54. The number of nitro benzene ring substituents is 1. The lowest BCUT2D eigenvalue weighted by Crippen LogP contribution is -2.51. The highest BCUT2D eigenvalue weighted by Gasteiger charge is 2.48. The fourth-order valence-corrected chi connectivity index (χ4v) is 5.10. The van der Waals surface area contributed by atoms with Crippen LogP contribution in [-0.4, -0.2) is 11.0 Å². The standard InChI is InChI=1S/C16H19FN2O2/c17-14-8-13(1-2-15(14)19(20)21)18-16-11-4-9-3-10(6-11)7-12(16)5-9/h1-2,8-12,16,18H,3-7H2. The Balaban J connectivity index is 1.54. The van der Waals surface area contributed by atoms with Gasteiger partial charge in [-0.05, 0) is 61.8 Å². The quantitative estimate of drug-likeness (QED) is 0.677. The van der Waals surface area contributed by atoms with Gasteiger partial charge in [0.25, 0.3) is 0 Å². The maximum Gasteiger partial charge on any atom is 0.304 e. The zero-order valence-electron chi connectivity index (χ0n) is 11.8. The molecule has 5 heteroatoms. The van der Waals surface area contributed by atoms with Crippen molar-refractivity contribution < 1.29 is 9.31 Å². The Kier molecular flexibility index (Phi) is 2.91. The molecule has 4 nitrogen and oxygen atoms in total. The van der Waals surface area contributed by atoms with Gasteiger partial charge in [-0.25, -0.2) is 0 Å². The van der Waals surface area contributed by atoms with Crippen molar-refractivity contribution in [2.75, 3.05) is 5.32 Å². The summed E-state index contributed by atoms with van der Waals surface area (Å²) in [6.45, 7) is 0. The van der Waals surface area contributed by atoms with Gasteiger partial charge in [0.05, 0.1) is 4.92 Å². The molecule has 0 heterocycles. The van der Waals surface area contributed by atoms with Crippen molar-refractivity contribution in [3.63, 3.8) is 0 Å². The van der Waals surface area contributed by atoms with Gasteiger partial charge >= 0.3 is 5.69 Å². The monoisotopic (exact) mass is 290 g/mol. The van der Waals surface area contributed by atoms with E-state index < -0.39 is 16.4 Å². The van der Waals surface area contributed by atoms with Crippen molar-refractivity contribution >= 4 is 11.4 Å². The summed E-state index contributed by atoms with van der Waals surface area (Å²) in [5.74, 6) is 2.44. The second-order valence-electron chi connectivity index (χ2n) is 7.02. The minimum absolute atomic E-state index is 0.415. The Labute approximate surface area is 122 Å². The molecule has 1 N–H and O–H groups in total. The number of nitro groups is 1. The summed E-state index contributed by atoms with van der Waals surface area (Å²) < 4.78 is 13.7. The van der Waals surface area contributed by atoms with E-state index in [1.54, 1.807) is 6.07 Å². The van der Waals surface area contributed by atoms with E-state index in [9.17, 15) is 14.5 Å². The molecular weight excluding hydrogens is 271 g/mol. The normalized spacial score (nSPS) is 36.7. The minimum Gasteiger partial charge on any atom is -0.382 e. The van der Waals surface area contributed by atoms with E-state index in [1.807, 2.05) is 0 Å². The van der Waals surface area contributed by atoms with Crippen molar-refractivity contribution in [3.05, 3.63) is 34.1 Å². The molecule has 0 spiro atoms. The number of rotatable bonds is 3.